The van der Waals surface area contributed by atoms with Gasteiger partial charge in [-0.25, -0.2) is 4.98 Å². The van der Waals surface area contributed by atoms with Gasteiger partial charge < -0.3 is 10.6 Å². The van der Waals surface area contributed by atoms with Crippen molar-refractivity contribution in [3.05, 3.63) is 51.7 Å². The minimum absolute atomic E-state index is 0.119. The van der Waals surface area contributed by atoms with Crippen molar-refractivity contribution in [2.24, 2.45) is 0 Å². The van der Waals surface area contributed by atoms with Crippen LogP contribution in [0.5, 0.6) is 0 Å². The van der Waals surface area contributed by atoms with E-state index in [9.17, 15) is 9.59 Å². The van der Waals surface area contributed by atoms with Gasteiger partial charge in [0, 0.05) is 21.6 Å². The van der Waals surface area contributed by atoms with Crippen molar-refractivity contribution >= 4 is 51.9 Å². The van der Waals surface area contributed by atoms with E-state index in [0.29, 0.717) is 6.54 Å². The molecule has 27 heavy (non-hydrogen) atoms. The number of para-hydroxylation sites is 1. The molecule has 8 heteroatoms. The average Bonchev–Trinajstić information content (AvgIpc) is 3.29. The van der Waals surface area contributed by atoms with Crippen LogP contribution in [0.25, 0.3) is 10.6 Å². The molecule has 2 amide bonds. The number of carbonyl (C=O) groups is 2. The highest BCUT2D eigenvalue weighted by molar-refractivity contribution is 8.01. The number of fused-ring (bicyclic) bond motifs is 1. The molecule has 2 N–H and O–H groups in total. The molecular weight excluding hydrogens is 398 g/mol. The van der Waals surface area contributed by atoms with E-state index < -0.39 is 5.25 Å². The third-order valence-electron chi connectivity index (χ3n) is 4.07. The van der Waals surface area contributed by atoms with Crippen LogP contribution in [0.3, 0.4) is 0 Å². The van der Waals surface area contributed by atoms with Crippen LogP contribution in [0, 0.1) is 6.92 Å². The Hall–Kier alpha value is -2.16. The zero-order valence-corrected chi connectivity index (χ0v) is 17.0. The fraction of sp³-hybridized carbons (Fsp3) is 0.211. The van der Waals surface area contributed by atoms with E-state index in [4.69, 9.17) is 0 Å². The van der Waals surface area contributed by atoms with Crippen LogP contribution < -0.4 is 10.6 Å². The molecule has 3 heterocycles. The lowest BCUT2D eigenvalue weighted by atomic mass is 10.2. The molecule has 2 aromatic heterocycles. The number of thiophene rings is 1. The average molecular weight is 416 g/mol. The van der Waals surface area contributed by atoms with E-state index in [1.165, 1.54) is 11.8 Å². The van der Waals surface area contributed by atoms with Crippen molar-refractivity contribution in [1.82, 2.24) is 10.3 Å². The van der Waals surface area contributed by atoms with Crippen LogP contribution in [0.15, 0.2) is 46.7 Å². The lowest BCUT2D eigenvalue weighted by Gasteiger charge is -2.23. The number of rotatable bonds is 5. The van der Waals surface area contributed by atoms with Gasteiger partial charge in [-0.15, -0.1) is 34.4 Å². The summed E-state index contributed by atoms with van der Waals surface area (Å²) in [5.74, 6) is -0.243. The summed E-state index contributed by atoms with van der Waals surface area (Å²) in [4.78, 5) is 32.2. The van der Waals surface area contributed by atoms with Crippen molar-refractivity contribution in [2.75, 3.05) is 5.32 Å². The Labute approximate surface area is 169 Å². The van der Waals surface area contributed by atoms with Gasteiger partial charge in [-0.3, -0.25) is 9.59 Å². The number of thioether (sulfide) groups is 1. The summed E-state index contributed by atoms with van der Waals surface area (Å²) in [5.41, 5.74) is 1.79. The third-order valence-corrected chi connectivity index (χ3v) is 7.23. The standard InChI is InChI=1S/C19H17N3O2S3/c1-11-21-14(10-25-11)16-7-6-12(26-16)9-20-18(23)8-17-19(24)22-13-4-2-3-5-15(13)27-17/h2-7,10,17H,8-9H2,1H3,(H,20,23)(H,22,24)/t17-/m1/s1. The Morgan fingerprint density at radius 2 is 2.11 bits per heavy atom. The topological polar surface area (TPSA) is 71.1 Å². The molecule has 0 aliphatic carbocycles. The number of amides is 2. The highest BCUT2D eigenvalue weighted by Gasteiger charge is 2.28. The summed E-state index contributed by atoms with van der Waals surface area (Å²) in [6.45, 7) is 2.45. The number of thiazole rings is 1. The number of nitrogens with one attached hydrogen (secondary N) is 2. The minimum Gasteiger partial charge on any atom is -0.351 e. The van der Waals surface area contributed by atoms with Gasteiger partial charge in [-0.05, 0) is 31.2 Å². The predicted molar refractivity (Wildman–Crippen MR) is 111 cm³/mol. The van der Waals surface area contributed by atoms with E-state index in [1.807, 2.05) is 48.7 Å². The van der Waals surface area contributed by atoms with Crippen LogP contribution >= 0.6 is 34.4 Å². The highest BCUT2D eigenvalue weighted by atomic mass is 32.2. The Kier molecular flexibility index (Phi) is 5.29. The normalized spacial score (nSPS) is 15.9. The Morgan fingerprint density at radius 1 is 1.26 bits per heavy atom. The molecule has 0 fully saturated rings. The molecule has 0 saturated heterocycles. The van der Waals surface area contributed by atoms with Gasteiger partial charge in [-0.1, -0.05) is 12.1 Å². The van der Waals surface area contributed by atoms with E-state index in [-0.39, 0.29) is 18.2 Å². The molecular formula is C19H17N3O2S3. The van der Waals surface area contributed by atoms with Gasteiger partial charge in [0.15, 0.2) is 0 Å². The monoisotopic (exact) mass is 415 g/mol. The van der Waals surface area contributed by atoms with Crippen LogP contribution in [0.4, 0.5) is 5.69 Å². The number of aromatic nitrogens is 1. The fourth-order valence-corrected chi connectivity index (χ4v) is 5.45. The van der Waals surface area contributed by atoms with E-state index in [2.05, 4.69) is 15.6 Å². The Morgan fingerprint density at radius 3 is 2.93 bits per heavy atom. The largest absolute Gasteiger partial charge is 0.351 e. The summed E-state index contributed by atoms with van der Waals surface area (Å²) < 4.78 is 0. The molecule has 1 atom stereocenters. The minimum atomic E-state index is -0.406. The SMILES string of the molecule is Cc1nc(-c2ccc(CNC(=O)C[C@H]3Sc4ccccc4NC3=O)s2)cs1. The maximum absolute atomic E-state index is 12.3. The summed E-state index contributed by atoms with van der Waals surface area (Å²) in [6.07, 6.45) is 0.161. The summed E-state index contributed by atoms with van der Waals surface area (Å²) in [6, 6.07) is 11.7. The first-order chi connectivity index (χ1) is 13.1. The van der Waals surface area contributed by atoms with Gasteiger partial charge in [0.2, 0.25) is 11.8 Å². The molecule has 0 unspecified atom stereocenters. The highest BCUT2D eigenvalue weighted by Crippen LogP contribution is 2.36. The number of anilines is 1. The maximum Gasteiger partial charge on any atom is 0.238 e. The second-order valence-corrected chi connectivity index (χ2v) is 9.57. The Bertz CT molecular complexity index is 996. The van der Waals surface area contributed by atoms with Crippen LogP contribution in [-0.2, 0) is 16.1 Å². The quantitative estimate of drug-likeness (QED) is 0.652. The number of benzene rings is 1. The van der Waals surface area contributed by atoms with Crippen molar-refractivity contribution < 1.29 is 9.59 Å². The molecule has 0 saturated carbocycles. The van der Waals surface area contributed by atoms with Crippen LogP contribution in [0.1, 0.15) is 16.3 Å². The molecule has 4 rings (SSSR count). The lowest BCUT2D eigenvalue weighted by molar-refractivity contribution is -0.124. The lowest BCUT2D eigenvalue weighted by Crippen LogP contribution is -2.34. The molecule has 138 valence electrons. The van der Waals surface area contributed by atoms with E-state index >= 15 is 0 Å². The molecule has 1 aliphatic rings. The molecule has 1 aromatic carbocycles. The summed E-state index contributed by atoms with van der Waals surface area (Å²) in [7, 11) is 0. The Balaban J connectivity index is 1.33. The maximum atomic E-state index is 12.3. The van der Waals surface area contributed by atoms with Crippen molar-refractivity contribution in [2.45, 2.75) is 30.0 Å². The van der Waals surface area contributed by atoms with Gasteiger partial charge in [0.25, 0.3) is 0 Å². The van der Waals surface area contributed by atoms with Crippen molar-refractivity contribution in [3.8, 4) is 10.6 Å². The first-order valence-corrected chi connectivity index (χ1v) is 11.0. The second-order valence-electron chi connectivity index (χ2n) is 6.09. The van der Waals surface area contributed by atoms with Gasteiger partial charge >= 0.3 is 0 Å². The molecule has 0 radical (unpaired) electrons. The van der Waals surface area contributed by atoms with Crippen molar-refractivity contribution in [3.63, 3.8) is 0 Å². The molecule has 1 aliphatic heterocycles. The number of carbonyl (C=O) groups excluding carboxylic acids is 2. The summed E-state index contributed by atoms with van der Waals surface area (Å²) >= 11 is 4.69. The number of aryl methyl sites for hydroxylation is 1. The van der Waals surface area contributed by atoms with Crippen LogP contribution in [-0.4, -0.2) is 22.0 Å². The van der Waals surface area contributed by atoms with Gasteiger partial charge in [0.05, 0.1) is 33.1 Å². The predicted octanol–water partition coefficient (Wildman–Crippen LogP) is 4.30. The fourth-order valence-electron chi connectivity index (χ4n) is 2.74. The second kappa shape index (κ2) is 7.84. The van der Waals surface area contributed by atoms with Crippen LogP contribution in [0.2, 0.25) is 0 Å². The van der Waals surface area contributed by atoms with Crippen molar-refractivity contribution in [1.29, 1.82) is 0 Å². The molecule has 0 spiro atoms. The zero-order chi connectivity index (χ0) is 18.8. The smallest absolute Gasteiger partial charge is 0.238 e. The molecule has 0 bridgehead atoms. The number of hydrogen-bond acceptors (Lipinski definition) is 6. The molecule has 3 aromatic rings. The third kappa shape index (κ3) is 4.23. The number of hydrogen-bond donors (Lipinski definition) is 2. The van der Waals surface area contributed by atoms with E-state index in [0.717, 1.165) is 31.0 Å². The van der Waals surface area contributed by atoms with Gasteiger partial charge in [0.1, 0.15) is 0 Å². The first kappa shape index (κ1) is 18.2. The molecule has 5 nitrogen and oxygen atoms in total. The zero-order valence-electron chi connectivity index (χ0n) is 14.5. The van der Waals surface area contributed by atoms with E-state index in [1.54, 1.807) is 22.7 Å². The summed E-state index contributed by atoms with van der Waals surface area (Å²) in [5, 5.41) is 8.47. The van der Waals surface area contributed by atoms with Gasteiger partial charge in [-0.2, -0.15) is 0 Å². The first-order valence-electron chi connectivity index (χ1n) is 8.43. The number of nitrogens with zero attached hydrogens (tertiary/aromatic N) is 1.